The Balaban J connectivity index is 3.80. The van der Waals surface area contributed by atoms with Crippen LogP contribution in [0.25, 0.3) is 0 Å². The zero-order chi connectivity index (χ0) is 67.2. The highest BCUT2D eigenvalue weighted by molar-refractivity contribution is 6.00. The SMILES string of the molecule is CCCCCCCCC[C@H](O)CC[C@@H]1NC(=O)[C@H]([C@@H](C)O)NC(=O)[C@@H]([C@@H](C)O)NC(=O)[C@H](C[C@H](O)C(N)=O)NC(=O)[C@H](C)NC(=O)[C@@H](CC(N)=O)NC(=O)[C@H](CC(N)=O)NC(=O)[C@@H](CCCCCCC[C@H](O)CCCCC)NC(=O)CCNC(=O)CNC1=O. The minimum absolute atomic E-state index is 0.0173. The second-order valence-corrected chi connectivity index (χ2v) is 23.0. The molecule has 89 heavy (non-hydrogen) atoms. The van der Waals surface area contributed by atoms with Crippen LogP contribution in [0.3, 0.4) is 0 Å². The van der Waals surface area contributed by atoms with Crippen molar-refractivity contribution in [2.24, 2.45) is 17.2 Å². The summed E-state index contributed by atoms with van der Waals surface area (Å²) in [5.74, 6) is -14.9. The van der Waals surface area contributed by atoms with E-state index in [-0.39, 0.29) is 25.8 Å². The number of primary amides is 3. The van der Waals surface area contributed by atoms with E-state index in [1.165, 1.54) is 0 Å². The number of hydrogen-bond acceptors (Lipinski definition) is 18. The lowest BCUT2D eigenvalue weighted by atomic mass is 10.0. The molecule has 0 bridgehead atoms. The largest absolute Gasteiger partial charge is 0.393 e. The van der Waals surface area contributed by atoms with E-state index in [4.69, 9.17) is 17.2 Å². The van der Waals surface area contributed by atoms with Crippen LogP contribution in [0.5, 0.6) is 0 Å². The van der Waals surface area contributed by atoms with Crippen molar-refractivity contribution in [3.05, 3.63) is 0 Å². The highest BCUT2D eigenvalue weighted by Gasteiger charge is 2.38. The maximum Gasteiger partial charge on any atom is 0.246 e. The molecule has 508 valence electrons. The van der Waals surface area contributed by atoms with Crippen LogP contribution in [0.1, 0.15) is 195 Å². The average molecular weight is 1270 g/mol. The van der Waals surface area contributed by atoms with E-state index in [1.54, 1.807) is 0 Å². The van der Waals surface area contributed by atoms with Crippen molar-refractivity contribution in [3.8, 4) is 0 Å². The van der Waals surface area contributed by atoms with Gasteiger partial charge >= 0.3 is 0 Å². The number of nitrogens with one attached hydrogen (secondary N) is 10. The van der Waals surface area contributed by atoms with Gasteiger partial charge in [-0.25, -0.2) is 0 Å². The summed E-state index contributed by atoms with van der Waals surface area (Å²) in [6.07, 6.45) is 3.88. The quantitative estimate of drug-likeness (QED) is 0.0288. The van der Waals surface area contributed by atoms with Gasteiger partial charge in [-0.05, 0) is 59.3 Å². The van der Waals surface area contributed by atoms with Gasteiger partial charge in [0.2, 0.25) is 76.8 Å². The van der Waals surface area contributed by atoms with Crippen LogP contribution in [0.15, 0.2) is 0 Å². The van der Waals surface area contributed by atoms with Crippen LogP contribution in [-0.2, 0) is 62.3 Å². The van der Waals surface area contributed by atoms with Gasteiger partial charge in [0.15, 0.2) is 0 Å². The lowest BCUT2D eigenvalue weighted by Crippen LogP contribution is -2.63. The molecule has 0 aromatic rings. The molecule has 0 unspecified atom stereocenters. The molecule has 1 saturated heterocycles. The summed E-state index contributed by atoms with van der Waals surface area (Å²) in [6.45, 7) is 6.28. The number of amides is 13. The standard InChI is InChI=1S/C58H103N13O18/c1-6-8-10-11-12-14-19-23-37(75)25-26-39-52(83)63-32-47(80)62-28-27-46(79)65-38(24-20-16-13-15-18-22-36(74)21-17-9-7-2)53(84)68-42(31-45(60)78)55(86)69-41(30-44(59)77)54(85)64-33(3)51(82)67-40(29-43(76)50(61)81)56(87)70-49(35(5)73)58(89)71-48(34(4)72)57(88)66-39/h33-43,48-49,72-76H,6-32H2,1-5H3,(H2,59,77)(H2,60,78)(H2,61,81)(H,62,80)(H,63,83)(H,64,85)(H,65,79)(H,66,88)(H,67,82)(H,68,84)(H,69,86)(H,70,87)(H,71,89)/t33-,34+,35+,36+,37-,38+,39-,40-,41+,42-,43-,48-,49+/m0/s1. The first kappa shape index (κ1) is 79.9. The molecular weight excluding hydrogens is 1170 g/mol. The van der Waals surface area contributed by atoms with Crippen LogP contribution < -0.4 is 70.4 Å². The highest BCUT2D eigenvalue weighted by Crippen LogP contribution is 2.16. The van der Waals surface area contributed by atoms with Crippen molar-refractivity contribution < 1.29 is 87.9 Å². The van der Waals surface area contributed by atoms with Crippen LogP contribution in [0.4, 0.5) is 0 Å². The third-order valence-electron chi connectivity index (χ3n) is 14.9. The van der Waals surface area contributed by atoms with E-state index in [0.717, 1.165) is 91.4 Å². The highest BCUT2D eigenvalue weighted by atomic mass is 16.3. The molecule has 1 aliphatic rings. The van der Waals surface area contributed by atoms with Gasteiger partial charge in [-0.3, -0.25) is 62.3 Å². The van der Waals surface area contributed by atoms with Crippen molar-refractivity contribution in [3.63, 3.8) is 0 Å². The van der Waals surface area contributed by atoms with Crippen molar-refractivity contribution in [1.82, 2.24) is 53.2 Å². The van der Waals surface area contributed by atoms with Crippen molar-refractivity contribution in [2.75, 3.05) is 13.1 Å². The van der Waals surface area contributed by atoms with E-state index in [9.17, 15) is 87.9 Å². The molecule has 1 fully saturated rings. The van der Waals surface area contributed by atoms with Crippen LogP contribution >= 0.6 is 0 Å². The van der Waals surface area contributed by atoms with Gasteiger partial charge in [0.25, 0.3) is 0 Å². The molecular formula is C58H103N13O18. The number of aliphatic hydroxyl groups excluding tert-OH is 5. The Morgan fingerprint density at radius 1 is 0.438 bits per heavy atom. The summed E-state index contributed by atoms with van der Waals surface area (Å²) in [6, 6.07) is -14.4. The molecule has 21 N–H and O–H groups in total. The topological polar surface area (TPSA) is 521 Å². The molecule has 0 aliphatic carbocycles. The van der Waals surface area contributed by atoms with E-state index in [1.807, 2.05) is 0 Å². The second-order valence-electron chi connectivity index (χ2n) is 23.0. The molecule has 1 heterocycles. The first-order chi connectivity index (χ1) is 42.0. The number of nitrogens with two attached hydrogens (primary N) is 3. The van der Waals surface area contributed by atoms with E-state index >= 15 is 0 Å². The summed E-state index contributed by atoms with van der Waals surface area (Å²) in [7, 11) is 0. The molecule has 0 spiro atoms. The number of aliphatic hydroxyl groups is 5. The fourth-order valence-electron chi connectivity index (χ4n) is 9.53. The Morgan fingerprint density at radius 3 is 1.36 bits per heavy atom. The summed E-state index contributed by atoms with van der Waals surface area (Å²) < 4.78 is 0. The normalized spacial score (nSPS) is 23.9. The molecule has 31 heteroatoms. The number of carbonyl (C=O) groups is 13. The Bertz CT molecular complexity index is 2300. The van der Waals surface area contributed by atoms with Gasteiger partial charge in [0, 0.05) is 19.4 Å². The van der Waals surface area contributed by atoms with E-state index in [0.29, 0.717) is 44.9 Å². The second kappa shape index (κ2) is 44.4. The first-order valence-corrected chi connectivity index (χ1v) is 31.2. The number of hydrogen-bond donors (Lipinski definition) is 18. The Hall–Kier alpha value is -7.09. The Labute approximate surface area is 520 Å². The Kier molecular flexibility index (Phi) is 39.8. The van der Waals surface area contributed by atoms with E-state index in [2.05, 4.69) is 67.0 Å². The van der Waals surface area contributed by atoms with Crippen molar-refractivity contribution in [1.29, 1.82) is 0 Å². The summed E-state index contributed by atoms with van der Waals surface area (Å²) in [5.41, 5.74) is 16.1. The van der Waals surface area contributed by atoms with Gasteiger partial charge in [-0.1, -0.05) is 110 Å². The monoisotopic (exact) mass is 1270 g/mol. The van der Waals surface area contributed by atoms with E-state index < -0.39 is 188 Å². The molecule has 0 saturated carbocycles. The smallest absolute Gasteiger partial charge is 0.246 e. The van der Waals surface area contributed by atoms with Crippen LogP contribution in [-0.4, -0.2) is 194 Å². The summed E-state index contributed by atoms with van der Waals surface area (Å²) >= 11 is 0. The van der Waals surface area contributed by atoms with Crippen molar-refractivity contribution >= 4 is 76.8 Å². The molecule has 13 amide bonds. The first-order valence-electron chi connectivity index (χ1n) is 31.2. The fourth-order valence-corrected chi connectivity index (χ4v) is 9.53. The fraction of sp³-hybridized carbons (Fsp3) is 0.776. The number of carbonyl (C=O) groups excluding carboxylic acids is 13. The molecule has 1 aliphatic heterocycles. The maximum absolute atomic E-state index is 14.1. The lowest BCUT2D eigenvalue weighted by Gasteiger charge is -2.29. The molecule has 31 nitrogen and oxygen atoms in total. The summed E-state index contributed by atoms with van der Waals surface area (Å²) in [5, 5.41) is 76.4. The Morgan fingerprint density at radius 2 is 0.843 bits per heavy atom. The predicted octanol–water partition coefficient (Wildman–Crippen LogP) is -3.78. The minimum atomic E-state index is -2.15. The molecule has 13 atom stereocenters. The predicted molar refractivity (Wildman–Crippen MR) is 323 cm³/mol. The zero-order valence-corrected chi connectivity index (χ0v) is 52.4. The molecule has 0 aromatic carbocycles. The minimum Gasteiger partial charge on any atom is -0.393 e. The van der Waals surface area contributed by atoms with Gasteiger partial charge in [0.05, 0.1) is 43.8 Å². The van der Waals surface area contributed by atoms with Gasteiger partial charge in [-0.2, -0.15) is 0 Å². The van der Waals surface area contributed by atoms with Crippen molar-refractivity contribution in [2.45, 2.75) is 274 Å². The van der Waals surface area contributed by atoms with Gasteiger partial charge in [0.1, 0.15) is 54.4 Å². The maximum atomic E-state index is 14.1. The molecule has 0 radical (unpaired) electrons. The lowest BCUT2D eigenvalue weighted by molar-refractivity contribution is -0.139. The molecule has 1 rings (SSSR count). The van der Waals surface area contributed by atoms with Gasteiger partial charge in [-0.15, -0.1) is 0 Å². The number of unbranched alkanes of at least 4 members (excludes halogenated alkanes) is 12. The number of rotatable bonds is 32. The van der Waals surface area contributed by atoms with Gasteiger partial charge < -0.3 is 95.9 Å². The third kappa shape index (κ3) is 34.5. The summed E-state index contributed by atoms with van der Waals surface area (Å²) in [4.78, 5) is 174. The van der Waals surface area contributed by atoms with Crippen LogP contribution in [0.2, 0.25) is 0 Å². The zero-order valence-electron chi connectivity index (χ0n) is 52.4. The van der Waals surface area contributed by atoms with Crippen LogP contribution in [0, 0.1) is 0 Å². The third-order valence-corrected chi connectivity index (χ3v) is 14.9. The average Bonchev–Trinajstić information content (AvgIpc) is 2.06. The molecule has 0 aromatic heterocycles.